The summed E-state index contributed by atoms with van der Waals surface area (Å²) >= 11 is 1.63. The molecule has 4 rings (SSSR count). The zero-order valence-corrected chi connectivity index (χ0v) is 24.8. The number of hydrogen-bond acceptors (Lipinski definition) is 10. The van der Waals surface area contributed by atoms with E-state index in [0.717, 1.165) is 17.0 Å². The standard InChI is InChI=1S/C7H6BF3O2.C7H9BO3.C7H9BO2S.C6H5F.BH2O2/c9-7(10,11)5-2-1-3-6(4-5)8(12)13;2*1-11-7-4-2-6(3-5-7)8(9)10;7-6-4-2-1-3-5-6;2-1-3/h1-4,12-13H;2*2-5,9-10H,1H3;1-5H;2-3H. The van der Waals surface area contributed by atoms with E-state index in [1.165, 1.54) is 18.2 Å². The van der Waals surface area contributed by atoms with Crippen LogP contribution in [0.25, 0.3) is 0 Å². The highest BCUT2D eigenvalue weighted by atomic mass is 32.2. The first-order valence-electron chi connectivity index (χ1n) is 12.5. The Bertz CT molecular complexity index is 1260. The summed E-state index contributed by atoms with van der Waals surface area (Å²) in [5, 5.41) is 66.1. The fourth-order valence-electron chi connectivity index (χ4n) is 2.84. The summed E-state index contributed by atoms with van der Waals surface area (Å²) in [6.07, 6.45) is -2.48. The molecule has 0 atom stereocenters. The molecule has 0 saturated carbocycles. The Hall–Kier alpha value is -3.31. The molecule has 9 nitrogen and oxygen atoms in total. The van der Waals surface area contributed by atoms with Crippen molar-refractivity contribution in [3.63, 3.8) is 0 Å². The van der Waals surface area contributed by atoms with Crippen LogP contribution >= 0.6 is 11.8 Å². The monoisotopic (exact) mass is 651 g/mol. The molecule has 1 radical (unpaired) electrons. The van der Waals surface area contributed by atoms with Crippen LogP contribution in [0.3, 0.4) is 0 Å². The van der Waals surface area contributed by atoms with Crippen molar-refractivity contribution in [1.29, 1.82) is 0 Å². The first-order chi connectivity index (χ1) is 21.2. The molecule has 45 heavy (non-hydrogen) atoms. The molecule has 8 N–H and O–H groups in total. The minimum absolute atomic E-state index is 0. The third-order valence-electron chi connectivity index (χ3n) is 5.07. The predicted octanol–water partition coefficient (Wildman–Crippen LogP) is 0.179. The van der Waals surface area contributed by atoms with Crippen LogP contribution in [0.15, 0.2) is 108 Å². The Labute approximate surface area is 264 Å². The van der Waals surface area contributed by atoms with Gasteiger partial charge >= 0.3 is 35.2 Å². The van der Waals surface area contributed by atoms with Gasteiger partial charge in [-0.15, -0.1) is 11.8 Å². The maximum atomic E-state index is 12.1. The molecule has 0 amide bonds. The Balaban J connectivity index is 0.000000565. The van der Waals surface area contributed by atoms with Gasteiger partial charge in [-0.1, -0.05) is 66.7 Å². The SMILES string of the molecule is COc1ccc(B(O)O)cc1.CSc1ccc(B(O)O)cc1.Fc1ccccc1.OB(O)c1cccc(C(F)(F)F)c1.O[B]O. The maximum absolute atomic E-state index is 12.1. The fraction of sp³-hybridized carbons (Fsp3) is 0.111. The highest BCUT2D eigenvalue weighted by molar-refractivity contribution is 7.98. The van der Waals surface area contributed by atoms with Gasteiger partial charge in [-0.3, -0.25) is 0 Å². The number of ether oxygens (including phenoxy) is 1. The number of hydrogen-bond donors (Lipinski definition) is 8. The first-order valence-corrected chi connectivity index (χ1v) is 13.8. The summed E-state index contributed by atoms with van der Waals surface area (Å²) in [7, 11) is -3.07. The topological polar surface area (TPSA) is 171 Å². The van der Waals surface area contributed by atoms with Gasteiger partial charge in [-0.05, 0) is 59.0 Å². The lowest BCUT2D eigenvalue weighted by molar-refractivity contribution is -0.137. The Morgan fingerprint density at radius 3 is 1.42 bits per heavy atom. The minimum atomic E-state index is -4.45. The lowest BCUT2D eigenvalue weighted by Crippen LogP contribution is -2.30. The van der Waals surface area contributed by atoms with E-state index in [9.17, 15) is 17.6 Å². The molecule has 239 valence electrons. The summed E-state index contributed by atoms with van der Waals surface area (Å²) in [4.78, 5) is 1.12. The average Bonchev–Trinajstić information content (AvgIpc) is 3.02. The molecule has 0 aromatic heterocycles. The zero-order valence-electron chi connectivity index (χ0n) is 24.0. The summed E-state index contributed by atoms with van der Waals surface area (Å²) in [5.74, 6) is 0.525. The van der Waals surface area contributed by atoms with Crippen molar-refractivity contribution >= 4 is 57.2 Å². The molecule has 18 heteroatoms. The zero-order chi connectivity index (χ0) is 34.4. The lowest BCUT2D eigenvalue weighted by Gasteiger charge is -2.07. The van der Waals surface area contributed by atoms with Crippen molar-refractivity contribution in [1.82, 2.24) is 0 Å². The Morgan fingerprint density at radius 1 is 0.644 bits per heavy atom. The smallest absolute Gasteiger partial charge is 0.488 e. The number of thioether (sulfide) groups is 1. The quantitative estimate of drug-likeness (QED) is 0.0847. The second-order valence-corrected chi connectivity index (χ2v) is 9.08. The van der Waals surface area contributed by atoms with E-state index in [4.69, 9.17) is 44.9 Å². The molecule has 4 aromatic rings. The molecule has 0 aliphatic heterocycles. The highest BCUT2D eigenvalue weighted by Gasteiger charge is 2.31. The second kappa shape index (κ2) is 23.1. The molecule has 0 heterocycles. The van der Waals surface area contributed by atoms with Crippen LogP contribution in [-0.4, -0.2) is 82.6 Å². The summed E-state index contributed by atoms with van der Waals surface area (Å²) < 4.78 is 53.0. The van der Waals surface area contributed by atoms with E-state index in [2.05, 4.69) is 0 Å². The van der Waals surface area contributed by atoms with Gasteiger partial charge in [0.15, 0.2) is 0 Å². The maximum Gasteiger partial charge on any atom is 0.488 e. The third-order valence-corrected chi connectivity index (χ3v) is 5.82. The van der Waals surface area contributed by atoms with E-state index in [-0.39, 0.29) is 19.0 Å². The van der Waals surface area contributed by atoms with Gasteiger partial charge in [0.05, 0.1) is 12.7 Å². The van der Waals surface area contributed by atoms with Crippen molar-refractivity contribution in [2.75, 3.05) is 13.4 Å². The van der Waals surface area contributed by atoms with Crippen molar-refractivity contribution in [2.24, 2.45) is 0 Å². The molecule has 0 aliphatic rings. The van der Waals surface area contributed by atoms with Gasteiger partial charge in [-0.25, -0.2) is 4.39 Å². The summed E-state index contributed by atoms with van der Waals surface area (Å²) in [5.41, 5.74) is -0.0680. The molecule has 0 fully saturated rings. The van der Waals surface area contributed by atoms with Gasteiger partial charge in [0.2, 0.25) is 0 Å². The van der Waals surface area contributed by atoms with Crippen LogP contribution < -0.4 is 21.1 Å². The van der Waals surface area contributed by atoms with Gasteiger partial charge in [0.25, 0.3) is 0 Å². The van der Waals surface area contributed by atoms with E-state index in [1.54, 1.807) is 73.5 Å². The molecule has 0 spiro atoms. The van der Waals surface area contributed by atoms with Crippen molar-refractivity contribution in [2.45, 2.75) is 11.1 Å². The number of benzene rings is 4. The van der Waals surface area contributed by atoms with Crippen LogP contribution in [0.5, 0.6) is 5.75 Å². The van der Waals surface area contributed by atoms with Gasteiger partial charge < -0.3 is 44.9 Å². The van der Waals surface area contributed by atoms with E-state index in [0.29, 0.717) is 22.7 Å². The van der Waals surface area contributed by atoms with Crippen LogP contribution in [-0.2, 0) is 6.18 Å². The van der Waals surface area contributed by atoms with E-state index < -0.39 is 33.1 Å². The van der Waals surface area contributed by atoms with Gasteiger partial charge in [0, 0.05) is 4.90 Å². The summed E-state index contributed by atoms with van der Waals surface area (Å²) in [6.45, 7) is 0. The third kappa shape index (κ3) is 19.0. The van der Waals surface area contributed by atoms with Crippen LogP contribution in [0, 0.1) is 5.82 Å². The first kappa shape index (κ1) is 41.7. The fourth-order valence-corrected chi connectivity index (χ4v) is 3.25. The number of alkyl halides is 3. The summed E-state index contributed by atoms with van der Waals surface area (Å²) in [6, 6.07) is 25.5. The number of rotatable bonds is 5. The minimum Gasteiger partial charge on any atom is -0.497 e. The molecular weight excluding hydrogens is 620 g/mol. The lowest BCUT2D eigenvalue weighted by atomic mass is 9.79. The van der Waals surface area contributed by atoms with Crippen LogP contribution in [0.2, 0.25) is 0 Å². The predicted molar refractivity (Wildman–Crippen MR) is 169 cm³/mol. The molecule has 0 saturated heterocycles. The second-order valence-electron chi connectivity index (χ2n) is 8.20. The van der Waals surface area contributed by atoms with Gasteiger partial charge in [-0.2, -0.15) is 13.2 Å². The van der Waals surface area contributed by atoms with Crippen molar-refractivity contribution in [3.8, 4) is 5.75 Å². The van der Waals surface area contributed by atoms with Crippen LogP contribution in [0.4, 0.5) is 17.6 Å². The molecule has 0 unspecified atom stereocenters. The van der Waals surface area contributed by atoms with E-state index >= 15 is 0 Å². The molecular formula is C27H31B4F4O9S. The van der Waals surface area contributed by atoms with E-state index in [1.807, 2.05) is 18.4 Å². The van der Waals surface area contributed by atoms with Crippen molar-refractivity contribution in [3.05, 3.63) is 115 Å². The van der Waals surface area contributed by atoms with Crippen LogP contribution in [0.1, 0.15) is 5.56 Å². The Morgan fingerprint density at radius 2 is 1.09 bits per heavy atom. The number of halogens is 4. The normalized spacial score (nSPS) is 9.64. The highest BCUT2D eigenvalue weighted by Crippen LogP contribution is 2.28. The van der Waals surface area contributed by atoms with Gasteiger partial charge in [0.1, 0.15) is 11.6 Å². The largest absolute Gasteiger partial charge is 0.497 e. The Kier molecular flexibility index (Phi) is 21.4. The van der Waals surface area contributed by atoms with Crippen molar-refractivity contribution < 1.29 is 62.5 Å². The molecule has 0 bridgehead atoms. The molecule has 0 aliphatic carbocycles. The average molecular weight is 651 g/mol. The number of methoxy groups -OCH3 is 1. The molecule has 4 aromatic carbocycles.